The Kier molecular flexibility index (Phi) is 8.36. The van der Waals surface area contributed by atoms with E-state index in [1.54, 1.807) is 25.1 Å². The summed E-state index contributed by atoms with van der Waals surface area (Å²) in [5, 5.41) is 13.0. The SMILES string of the molecule is COc1cccc(/C=N\NC(=O)CSc2nnc(SCc3ccccc3Cl)s2)c1. The lowest BCUT2D eigenvalue weighted by molar-refractivity contribution is -0.118. The number of hydrogen-bond acceptors (Lipinski definition) is 8. The minimum atomic E-state index is -0.213. The van der Waals surface area contributed by atoms with Crippen molar-refractivity contribution >= 4 is 58.6 Å². The monoisotopic (exact) mass is 464 g/mol. The smallest absolute Gasteiger partial charge is 0.250 e. The molecule has 3 rings (SSSR count). The van der Waals surface area contributed by atoms with Crippen molar-refractivity contribution in [3.8, 4) is 5.75 Å². The molecule has 3 aromatic rings. The highest BCUT2D eigenvalue weighted by molar-refractivity contribution is 8.03. The average Bonchev–Trinajstić information content (AvgIpc) is 3.20. The number of benzene rings is 2. The Balaban J connectivity index is 1.42. The van der Waals surface area contributed by atoms with Gasteiger partial charge in [0.25, 0.3) is 5.91 Å². The quantitative estimate of drug-likeness (QED) is 0.280. The molecule has 0 radical (unpaired) electrons. The number of rotatable bonds is 9. The van der Waals surface area contributed by atoms with E-state index in [4.69, 9.17) is 16.3 Å². The maximum atomic E-state index is 12.0. The second-order valence-electron chi connectivity index (χ2n) is 5.57. The van der Waals surface area contributed by atoms with Crippen molar-refractivity contribution in [2.24, 2.45) is 5.10 Å². The van der Waals surface area contributed by atoms with Crippen LogP contribution in [0.15, 0.2) is 62.3 Å². The first kappa shape index (κ1) is 21.6. The predicted molar refractivity (Wildman–Crippen MR) is 120 cm³/mol. The summed E-state index contributed by atoms with van der Waals surface area (Å²) in [7, 11) is 1.60. The van der Waals surface area contributed by atoms with Gasteiger partial charge in [0.2, 0.25) is 0 Å². The number of ether oxygens (including phenoxy) is 1. The van der Waals surface area contributed by atoms with E-state index in [1.165, 1.54) is 23.1 Å². The summed E-state index contributed by atoms with van der Waals surface area (Å²) in [5.74, 6) is 1.45. The van der Waals surface area contributed by atoms with Gasteiger partial charge in [-0.1, -0.05) is 76.8 Å². The molecule has 6 nitrogen and oxygen atoms in total. The molecule has 150 valence electrons. The number of methoxy groups -OCH3 is 1. The Morgan fingerprint density at radius 2 is 2.00 bits per heavy atom. The van der Waals surface area contributed by atoms with Crippen LogP contribution in [0, 0.1) is 0 Å². The Morgan fingerprint density at radius 3 is 2.79 bits per heavy atom. The third kappa shape index (κ3) is 7.04. The van der Waals surface area contributed by atoms with E-state index in [0.717, 1.165) is 36.3 Å². The topological polar surface area (TPSA) is 76.5 Å². The summed E-state index contributed by atoms with van der Waals surface area (Å²) in [6.45, 7) is 0. The van der Waals surface area contributed by atoms with E-state index in [-0.39, 0.29) is 11.7 Å². The van der Waals surface area contributed by atoms with E-state index < -0.39 is 0 Å². The van der Waals surface area contributed by atoms with Crippen LogP contribution in [0.25, 0.3) is 0 Å². The summed E-state index contributed by atoms with van der Waals surface area (Å²) < 4.78 is 6.72. The third-order valence-electron chi connectivity index (χ3n) is 3.52. The van der Waals surface area contributed by atoms with Gasteiger partial charge < -0.3 is 4.74 Å². The fourth-order valence-corrected chi connectivity index (χ4v) is 5.23. The van der Waals surface area contributed by atoms with E-state index in [1.807, 2.05) is 48.5 Å². The number of amides is 1. The van der Waals surface area contributed by atoms with Crippen molar-refractivity contribution in [1.82, 2.24) is 15.6 Å². The van der Waals surface area contributed by atoms with E-state index in [0.29, 0.717) is 0 Å². The van der Waals surface area contributed by atoms with Crippen molar-refractivity contribution in [2.45, 2.75) is 14.4 Å². The van der Waals surface area contributed by atoms with Crippen molar-refractivity contribution in [2.75, 3.05) is 12.9 Å². The maximum absolute atomic E-state index is 12.0. The third-order valence-corrected chi connectivity index (χ3v) is 7.13. The summed E-state index contributed by atoms with van der Waals surface area (Å²) in [6, 6.07) is 15.1. The van der Waals surface area contributed by atoms with Crippen LogP contribution >= 0.6 is 46.5 Å². The minimum Gasteiger partial charge on any atom is -0.497 e. The molecule has 29 heavy (non-hydrogen) atoms. The number of carbonyl (C=O) groups is 1. The van der Waals surface area contributed by atoms with Crippen LogP contribution in [-0.2, 0) is 10.5 Å². The number of aromatic nitrogens is 2. The summed E-state index contributed by atoms with van der Waals surface area (Å²) in [6.07, 6.45) is 1.57. The largest absolute Gasteiger partial charge is 0.497 e. The summed E-state index contributed by atoms with van der Waals surface area (Å²) in [5.41, 5.74) is 4.39. The van der Waals surface area contributed by atoms with Crippen LogP contribution < -0.4 is 10.2 Å². The molecule has 0 bridgehead atoms. The fourth-order valence-electron chi connectivity index (χ4n) is 2.13. The van der Waals surface area contributed by atoms with Crippen LogP contribution in [0.1, 0.15) is 11.1 Å². The predicted octanol–water partition coefficient (Wildman–Crippen LogP) is 4.73. The zero-order valence-corrected chi connectivity index (χ0v) is 18.6. The molecule has 0 aliphatic carbocycles. The molecule has 10 heteroatoms. The summed E-state index contributed by atoms with van der Waals surface area (Å²) in [4.78, 5) is 12.0. The van der Waals surface area contributed by atoms with Crippen molar-refractivity contribution in [3.05, 3.63) is 64.7 Å². The normalized spacial score (nSPS) is 11.0. The second-order valence-corrected chi connectivity index (χ2v) is 9.40. The number of carbonyl (C=O) groups excluding carboxylic acids is 1. The van der Waals surface area contributed by atoms with Crippen LogP contribution in [0.2, 0.25) is 5.02 Å². The standard InChI is InChI=1S/C19H17ClN4O2S3/c1-26-15-7-4-5-13(9-15)10-21-22-17(25)12-28-19-24-23-18(29-19)27-11-14-6-2-3-8-16(14)20/h2-10H,11-12H2,1H3,(H,22,25)/b21-10-. The number of halogens is 1. The lowest BCUT2D eigenvalue weighted by atomic mass is 10.2. The molecule has 0 unspecified atom stereocenters. The molecule has 1 N–H and O–H groups in total. The van der Waals surface area contributed by atoms with Crippen LogP contribution in [-0.4, -0.2) is 35.2 Å². The van der Waals surface area contributed by atoms with Crippen LogP contribution in [0.4, 0.5) is 0 Å². The number of hydrogen-bond donors (Lipinski definition) is 1. The molecule has 2 aromatic carbocycles. The maximum Gasteiger partial charge on any atom is 0.250 e. The van der Waals surface area contributed by atoms with Crippen LogP contribution in [0.5, 0.6) is 5.75 Å². The number of hydrazone groups is 1. The van der Waals surface area contributed by atoms with Gasteiger partial charge >= 0.3 is 0 Å². The number of nitrogens with zero attached hydrogens (tertiary/aromatic N) is 3. The van der Waals surface area contributed by atoms with E-state index in [9.17, 15) is 4.79 Å². The molecular formula is C19H17ClN4O2S3. The molecule has 1 heterocycles. The Hall–Kier alpha value is -2.07. The zero-order chi connectivity index (χ0) is 20.5. The molecule has 0 saturated heterocycles. The highest BCUT2D eigenvalue weighted by Gasteiger charge is 2.09. The molecule has 1 amide bonds. The Bertz CT molecular complexity index is 997. The molecule has 0 aliphatic rings. The lowest BCUT2D eigenvalue weighted by Crippen LogP contribution is -2.19. The molecule has 1 aromatic heterocycles. The van der Waals surface area contributed by atoms with E-state index >= 15 is 0 Å². The van der Waals surface area contributed by atoms with Crippen molar-refractivity contribution in [1.29, 1.82) is 0 Å². The van der Waals surface area contributed by atoms with Gasteiger partial charge in [-0.3, -0.25) is 4.79 Å². The molecular weight excluding hydrogens is 448 g/mol. The van der Waals surface area contributed by atoms with Crippen LogP contribution in [0.3, 0.4) is 0 Å². The number of thioether (sulfide) groups is 2. The molecule has 0 aliphatic heterocycles. The number of nitrogens with one attached hydrogen (secondary N) is 1. The molecule has 0 spiro atoms. The zero-order valence-electron chi connectivity index (χ0n) is 15.4. The van der Waals surface area contributed by atoms with Gasteiger partial charge in [-0.15, -0.1) is 10.2 Å². The average molecular weight is 465 g/mol. The van der Waals surface area contributed by atoms with Gasteiger partial charge in [0.15, 0.2) is 8.68 Å². The first-order valence-corrected chi connectivity index (χ1v) is 11.6. The van der Waals surface area contributed by atoms with Gasteiger partial charge in [0.05, 0.1) is 19.1 Å². The molecule has 0 fully saturated rings. The lowest BCUT2D eigenvalue weighted by Gasteiger charge is -2.01. The fraction of sp³-hybridized carbons (Fsp3) is 0.158. The van der Waals surface area contributed by atoms with Crippen molar-refractivity contribution in [3.63, 3.8) is 0 Å². The first-order chi connectivity index (χ1) is 14.1. The van der Waals surface area contributed by atoms with Gasteiger partial charge in [-0.2, -0.15) is 5.10 Å². The van der Waals surface area contributed by atoms with E-state index in [2.05, 4.69) is 20.7 Å². The Morgan fingerprint density at radius 1 is 1.21 bits per heavy atom. The Labute approximate surface area is 186 Å². The highest BCUT2D eigenvalue weighted by atomic mass is 35.5. The minimum absolute atomic E-state index is 0.208. The molecule has 0 saturated carbocycles. The van der Waals surface area contributed by atoms with Gasteiger partial charge in [-0.25, -0.2) is 5.43 Å². The van der Waals surface area contributed by atoms with Crippen molar-refractivity contribution < 1.29 is 9.53 Å². The van der Waals surface area contributed by atoms with Gasteiger partial charge in [0.1, 0.15) is 5.75 Å². The highest BCUT2D eigenvalue weighted by Crippen LogP contribution is 2.32. The first-order valence-electron chi connectivity index (χ1n) is 8.42. The molecule has 0 atom stereocenters. The van der Waals surface area contributed by atoms with Gasteiger partial charge in [-0.05, 0) is 29.3 Å². The van der Waals surface area contributed by atoms with Gasteiger partial charge in [0, 0.05) is 10.8 Å². The summed E-state index contributed by atoms with van der Waals surface area (Å²) >= 11 is 10.5. The second kappa shape index (κ2) is 11.2.